The standard InChI is InChI=1S/C49H79F4IN4O3S/c1-47(2,3)26-22-18-14-10-8-12-16-20-24-29-59-36-58-42-34-41(56-46(55-28-31-62-7)44(42)45(54)57-58)39-33-40(50)43(32-38(39)35-49(51,52)53)61-37-60-30-25-21-17-13-9-11-15-19-23-27-48(4,5)6/h32-34H,8-31,35-37H2,1-7H3,(H,55,56). The summed E-state index contributed by atoms with van der Waals surface area (Å²) in [4.78, 5) is 4.78. The molecule has 0 spiro atoms. The zero-order valence-corrected chi connectivity index (χ0v) is 42.2. The molecule has 2 heterocycles. The number of nitrogens with zero attached hydrogens (tertiary/aromatic N) is 3. The van der Waals surface area contributed by atoms with E-state index in [2.05, 4.69) is 69.5 Å². The number of nitrogens with one attached hydrogen (secondary N) is 1. The molecule has 0 radical (unpaired) electrons. The van der Waals surface area contributed by atoms with E-state index in [9.17, 15) is 13.2 Å². The largest absolute Gasteiger partial charge is 0.464 e. The molecule has 0 amide bonds. The van der Waals surface area contributed by atoms with Gasteiger partial charge in [0.1, 0.15) is 16.2 Å². The molecule has 1 aromatic carbocycles. The highest BCUT2D eigenvalue weighted by Gasteiger charge is 2.31. The van der Waals surface area contributed by atoms with Crippen molar-refractivity contribution in [3.63, 3.8) is 0 Å². The van der Waals surface area contributed by atoms with E-state index in [4.69, 9.17) is 24.3 Å². The van der Waals surface area contributed by atoms with Gasteiger partial charge in [0.2, 0.25) is 0 Å². The molecule has 0 saturated heterocycles. The lowest BCUT2D eigenvalue weighted by Gasteiger charge is -2.17. The van der Waals surface area contributed by atoms with Crippen molar-refractivity contribution in [1.82, 2.24) is 14.8 Å². The molecule has 0 bridgehead atoms. The average molecular weight is 1010 g/mol. The first-order valence-electron chi connectivity index (χ1n) is 23.4. The van der Waals surface area contributed by atoms with E-state index >= 15 is 4.39 Å². The predicted octanol–water partition coefficient (Wildman–Crippen LogP) is 15.9. The summed E-state index contributed by atoms with van der Waals surface area (Å²) >= 11 is 3.81. The van der Waals surface area contributed by atoms with Crippen LogP contribution in [0, 0.1) is 20.3 Å². The van der Waals surface area contributed by atoms with Crippen LogP contribution in [-0.2, 0) is 22.6 Å². The summed E-state index contributed by atoms with van der Waals surface area (Å²) in [6, 6.07) is 3.91. The molecule has 0 unspecified atom stereocenters. The number of fused-ring (bicyclic) bond motifs is 1. The quantitative estimate of drug-likeness (QED) is 0.0282. The molecule has 0 aliphatic heterocycles. The lowest BCUT2D eigenvalue weighted by Crippen LogP contribution is -2.14. The fourth-order valence-corrected chi connectivity index (χ4v) is 8.70. The maximum absolute atomic E-state index is 15.7. The van der Waals surface area contributed by atoms with Crippen molar-refractivity contribution in [3.8, 4) is 17.0 Å². The molecule has 2 aromatic heterocycles. The molecule has 13 heteroatoms. The molecule has 0 aliphatic rings. The number of halogens is 5. The second kappa shape index (κ2) is 28.9. The SMILES string of the molecule is CSCCNc1nc(-c2cc(F)c(OCOCCCCCCCCCCCC(C)(C)C)cc2CC(F)(F)F)cc2c1c(I)nn2COCCCCCCCCCCCC(C)(C)C. The normalized spacial score (nSPS) is 12.5. The monoisotopic (exact) mass is 1010 g/mol. The smallest absolute Gasteiger partial charge is 0.393 e. The molecule has 354 valence electrons. The van der Waals surface area contributed by atoms with E-state index in [-0.39, 0.29) is 36.1 Å². The summed E-state index contributed by atoms with van der Waals surface area (Å²) in [6.45, 7) is 15.3. The fraction of sp³-hybridized carbons (Fsp3) is 0.755. The van der Waals surface area contributed by atoms with Crippen molar-refractivity contribution in [3.05, 3.63) is 33.3 Å². The van der Waals surface area contributed by atoms with Crippen molar-refractivity contribution in [2.75, 3.05) is 43.9 Å². The molecule has 62 heavy (non-hydrogen) atoms. The van der Waals surface area contributed by atoms with Gasteiger partial charge in [-0.1, -0.05) is 144 Å². The maximum Gasteiger partial charge on any atom is 0.393 e. The summed E-state index contributed by atoms with van der Waals surface area (Å²) in [5.74, 6) is 0.206. The zero-order valence-electron chi connectivity index (χ0n) is 39.2. The Hall–Kier alpha value is -1.84. The van der Waals surface area contributed by atoms with E-state index in [1.165, 1.54) is 96.3 Å². The highest BCUT2D eigenvalue weighted by atomic mass is 127. The number of benzene rings is 1. The number of unbranched alkanes of at least 4 members (excludes halogenated alkanes) is 16. The van der Waals surface area contributed by atoms with Gasteiger partial charge in [-0.15, -0.1) is 0 Å². The van der Waals surface area contributed by atoms with Crippen LogP contribution in [-0.4, -0.2) is 59.5 Å². The van der Waals surface area contributed by atoms with Gasteiger partial charge < -0.3 is 19.5 Å². The summed E-state index contributed by atoms with van der Waals surface area (Å²) in [5.41, 5.74) is 1.60. The first-order chi connectivity index (χ1) is 29.5. The Balaban J connectivity index is 1.58. The van der Waals surface area contributed by atoms with E-state index < -0.39 is 18.4 Å². The Bertz CT molecular complexity index is 1690. The second-order valence-corrected chi connectivity index (χ2v) is 21.4. The van der Waals surface area contributed by atoms with Crippen LogP contribution in [0.1, 0.15) is 176 Å². The average Bonchev–Trinajstić information content (AvgIpc) is 3.50. The number of alkyl halides is 3. The van der Waals surface area contributed by atoms with Crippen LogP contribution in [0.25, 0.3) is 22.2 Å². The van der Waals surface area contributed by atoms with Gasteiger partial charge in [-0.25, -0.2) is 14.1 Å². The number of hydrogen-bond acceptors (Lipinski definition) is 7. The molecular formula is C49H79F4IN4O3S. The van der Waals surface area contributed by atoms with Gasteiger partial charge in [-0.2, -0.15) is 30.0 Å². The number of anilines is 1. The fourth-order valence-electron chi connectivity index (χ4n) is 7.60. The van der Waals surface area contributed by atoms with Gasteiger partial charge in [0, 0.05) is 24.5 Å². The molecule has 0 aliphatic carbocycles. The Morgan fingerprint density at radius 1 is 0.710 bits per heavy atom. The van der Waals surface area contributed by atoms with Gasteiger partial charge >= 0.3 is 6.18 Å². The molecule has 0 fully saturated rings. The summed E-state index contributed by atoms with van der Waals surface area (Å²) in [6.07, 6.45) is 20.3. The van der Waals surface area contributed by atoms with Crippen LogP contribution in [0.15, 0.2) is 18.2 Å². The summed E-state index contributed by atoms with van der Waals surface area (Å²) in [5, 5.41) is 8.82. The molecule has 0 saturated carbocycles. The zero-order chi connectivity index (χ0) is 45.4. The Morgan fingerprint density at radius 2 is 1.23 bits per heavy atom. The maximum atomic E-state index is 15.7. The van der Waals surface area contributed by atoms with Crippen molar-refractivity contribution in [2.24, 2.45) is 10.8 Å². The Labute approximate surface area is 389 Å². The third-order valence-corrected chi connectivity index (χ3v) is 12.4. The lowest BCUT2D eigenvalue weighted by molar-refractivity contribution is -0.127. The number of rotatable bonds is 33. The highest BCUT2D eigenvalue weighted by molar-refractivity contribution is 14.1. The third kappa shape index (κ3) is 22.9. The van der Waals surface area contributed by atoms with Crippen molar-refractivity contribution in [2.45, 2.75) is 189 Å². The number of aromatic nitrogens is 3. The van der Waals surface area contributed by atoms with Crippen LogP contribution in [0.5, 0.6) is 5.75 Å². The van der Waals surface area contributed by atoms with E-state index in [0.29, 0.717) is 45.6 Å². The number of pyridine rings is 1. The third-order valence-electron chi connectivity index (χ3n) is 11.1. The van der Waals surface area contributed by atoms with Gasteiger partial charge in [-0.3, -0.25) is 0 Å². The van der Waals surface area contributed by atoms with Crippen LogP contribution in [0.4, 0.5) is 23.4 Å². The topological polar surface area (TPSA) is 70.4 Å². The molecule has 7 nitrogen and oxygen atoms in total. The van der Waals surface area contributed by atoms with Gasteiger partial charge in [0.05, 0.1) is 29.6 Å². The van der Waals surface area contributed by atoms with Crippen LogP contribution in [0.3, 0.4) is 0 Å². The lowest BCUT2D eigenvalue weighted by atomic mass is 9.89. The van der Waals surface area contributed by atoms with E-state index in [1.54, 1.807) is 22.5 Å². The molecular weight excluding hydrogens is 928 g/mol. The van der Waals surface area contributed by atoms with Crippen LogP contribution >= 0.6 is 34.4 Å². The van der Waals surface area contributed by atoms with E-state index in [0.717, 1.165) is 55.4 Å². The molecule has 3 rings (SSSR count). The van der Waals surface area contributed by atoms with Gasteiger partial charge in [0.25, 0.3) is 0 Å². The molecule has 1 N–H and O–H groups in total. The van der Waals surface area contributed by atoms with Crippen molar-refractivity contribution >= 4 is 51.1 Å². The molecule has 3 aromatic rings. The Morgan fingerprint density at radius 3 is 1.74 bits per heavy atom. The summed E-state index contributed by atoms with van der Waals surface area (Å²) < 4.78 is 77.4. The minimum Gasteiger partial charge on any atom is -0.464 e. The number of ether oxygens (including phenoxy) is 3. The van der Waals surface area contributed by atoms with Gasteiger partial charge in [0.15, 0.2) is 18.4 Å². The summed E-state index contributed by atoms with van der Waals surface area (Å²) in [7, 11) is 0. The second-order valence-electron chi connectivity index (χ2n) is 19.4. The van der Waals surface area contributed by atoms with Gasteiger partial charge in [-0.05, 0) is 89.1 Å². The number of thioether (sulfide) groups is 1. The number of hydrogen-bond donors (Lipinski definition) is 1. The van der Waals surface area contributed by atoms with Crippen molar-refractivity contribution in [1.29, 1.82) is 0 Å². The minimum atomic E-state index is -4.55. The Kier molecular flexibility index (Phi) is 25.4. The van der Waals surface area contributed by atoms with E-state index in [1.807, 2.05) is 6.26 Å². The van der Waals surface area contributed by atoms with Crippen LogP contribution in [0.2, 0.25) is 0 Å². The van der Waals surface area contributed by atoms with Crippen molar-refractivity contribution < 1.29 is 31.8 Å². The first-order valence-corrected chi connectivity index (χ1v) is 25.9. The molecule has 0 atom stereocenters. The predicted molar refractivity (Wildman–Crippen MR) is 261 cm³/mol. The highest BCUT2D eigenvalue weighted by Crippen LogP contribution is 2.37. The first kappa shape index (κ1) is 54.5. The van der Waals surface area contributed by atoms with Crippen LogP contribution < -0.4 is 10.1 Å². The minimum absolute atomic E-state index is 0.0430.